The van der Waals surface area contributed by atoms with Gasteiger partial charge in [0.1, 0.15) is 6.29 Å². The molecule has 0 spiro atoms. The van der Waals surface area contributed by atoms with E-state index in [9.17, 15) is 4.79 Å². The highest BCUT2D eigenvalue weighted by Gasteiger charge is 2.38. The molecule has 1 unspecified atom stereocenters. The van der Waals surface area contributed by atoms with E-state index in [4.69, 9.17) is 4.43 Å². The van der Waals surface area contributed by atoms with Crippen molar-refractivity contribution in [3.05, 3.63) is 0 Å². The lowest BCUT2D eigenvalue weighted by atomic mass is 10.1. The third-order valence-corrected chi connectivity index (χ3v) is 8.11. The van der Waals surface area contributed by atoms with Crippen LogP contribution >= 0.6 is 0 Å². The van der Waals surface area contributed by atoms with E-state index in [0.29, 0.717) is 12.5 Å². The molecule has 16 heavy (non-hydrogen) atoms. The van der Waals surface area contributed by atoms with Gasteiger partial charge in [-0.05, 0) is 37.4 Å². The van der Waals surface area contributed by atoms with Crippen molar-refractivity contribution in [2.75, 3.05) is 0 Å². The maximum atomic E-state index is 10.3. The summed E-state index contributed by atoms with van der Waals surface area (Å²) in [6.45, 7) is 13.5. The number of carbonyl (C=O) groups excluding carboxylic acids is 1. The Kier molecular flexibility index (Phi) is 6.49. The highest BCUT2D eigenvalue weighted by molar-refractivity contribution is 6.74. The van der Waals surface area contributed by atoms with Crippen molar-refractivity contribution < 1.29 is 9.22 Å². The Labute approximate surface area is 102 Å². The smallest absolute Gasteiger partial charge is 0.192 e. The molecular formula is C13H28O2Si. The maximum absolute atomic E-state index is 10.3. The van der Waals surface area contributed by atoms with Crippen LogP contribution in [-0.2, 0) is 9.22 Å². The van der Waals surface area contributed by atoms with E-state index in [0.717, 1.165) is 25.5 Å². The Bertz CT molecular complexity index is 206. The van der Waals surface area contributed by atoms with Crippen molar-refractivity contribution in [1.29, 1.82) is 0 Å². The number of carbonyl (C=O) groups is 1. The highest BCUT2D eigenvalue weighted by Crippen LogP contribution is 2.38. The summed E-state index contributed by atoms with van der Waals surface area (Å²) < 4.78 is 6.32. The van der Waals surface area contributed by atoms with E-state index >= 15 is 0 Å². The molecule has 0 aromatic heterocycles. The third-order valence-electron chi connectivity index (χ3n) is 3.57. The fraction of sp³-hybridized carbons (Fsp3) is 0.923. The first-order chi connectivity index (χ1) is 7.24. The Morgan fingerprint density at radius 2 is 1.88 bits per heavy atom. The molecule has 0 aliphatic rings. The molecule has 0 amide bonds. The zero-order valence-electron chi connectivity index (χ0n) is 11.8. The van der Waals surface area contributed by atoms with Crippen LogP contribution in [0.25, 0.3) is 0 Å². The van der Waals surface area contributed by atoms with Crippen molar-refractivity contribution >= 4 is 14.6 Å². The predicted octanol–water partition coefficient (Wildman–Crippen LogP) is 4.16. The van der Waals surface area contributed by atoms with E-state index in [1.807, 2.05) is 0 Å². The highest BCUT2D eigenvalue weighted by atomic mass is 28.4. The molecule has 0 saturated carbocycles. The summed E-state index contributed by atoms with van der Waals surface area (Å²) in [5.41, 5.74) is 0. The van der Waals surface area contributed by atoms with Crippen LogP contribution in [0.5, 0.6) is 0 Å². The lowest BCUT2D eigenvalue weighted by molar-refractivity contribution is -0.108. The van der Waals surface area contributed by atoms with Gasteiger partial charge in [0.05, 0.1) is 0 Å². The second-order valence-electron chi connectivity index (χ2n) is 6.01. The number of hydrogen-bond acceptors (Lipinski definition) is 2. The van der Waals surface area contributed by atoms with E-state index in [1.165, 1.54) is 0 Å². The number of hydrogen-bond donors (Lipinski definition) is 0. The van der Waals surface area contributed by atoms with Gasteiger partial charge in [-0.1, -0.05) is 27.7 Å². The fourth-order valence-electron chi connectivity index (χ4n) is 1.37. The van der Waals surface area contributed by atoms with Crippen LogP contribution in [0, 0.1) is 0 Å². The van der Waals surface area contributed by atoms with Crippen LogP contribution in [0.2, 0.25) is 18.1 Å². The minimum absolute atomic E-state index is 0.269. The summed E-state index contributed by atoms with van der Waals surface area (Å²) in [5, 5.41) is 0.269. The normalized spacial score (nSPS) is 14.9. The molecule has 0 radical (unpaired) electrons. The molecule has 96 valence electrons. The van der Waals surface area contributed by atoms with Gasteiger partial charge in [-0.2, -0.15) is 0 Å². The largest absolute Gasteiger partial charge is 0.414 e. The van der Waals surface area contributed by atoms with Crippen molar-refractivity contribution in [2.45, 2.75) is 77.6 Å². The zero-order chi connectivity index (χ0) is 12.8. The van der Waals surface area contributed by atoms with Gasteiger partial charge >= 0.3 is 0 Å². The second-order valence-corrected chi connectivity index (χ2v) is 10.8. The summed E-state index contributed by atoms with van der Waals surface area (Å²) in [6.07, 6.45) is 5.01. The van der Waals surface area contributed by atoms with Gasteiger partial charge in [0.25, 0.3) is 0 Å². The molecule has 0 aliphatic heterocycles. The van der Waals surface area contributed by atoms with Crippen LogP contribution < -0.4 is 0 Å². The number of rotatable bonds is 7. The van der Waals surface area contributed by atoms with E-state index < -0.39 is 8.32 Å². The molecule has 0 saturated heterocycles. The fourth-order valence-corrected chi connectivity index (χ4v) is 2.84. The second kappa shape index (κ2) is 6.55. The summed E-state index contributed by atoms with van der Waals surface area (Å²) in [6, 6.07) is 0. The van der Waals surface area contributed by atoms with Crippen molar-refractivity contribution in [3.8, 4) is 0 Å². The Morgan fingerprint density at radius 3 is 2.25 bits per heavy atom. The molecule has 0 heterocycles. The molecule has 0 aromatic carbocycles. The summed E-state index contributed by atoms with van der Waals surface area (Å²) in [5.74, 6) is 0. The first-order valence-corrected chi connectivity index (χ1v) is 9.27. The SMILES string of the molecule is CCC(CCCC=O)O[Si](C)(C)C(C)(C)C. The monoisotopic (exact) mass is 244 g/mol. The van der Waals surface area contributed by atoms with Crippen LogP contribution in [0.1, 0.15) is 53.4 Å². The molecule has 0 N–H and O–H groups in total. The molecule has 0 fully saturated rings. The first kappa shape index (κ1) is 15.8. The molecule has 3 heteroatoms. The minimum atomic E-state index is -1.64. The first-order valence-electron chi connectivity index (χ1n) is 6.36. The molecule has 0 bridgehead atoms. The quantitative estimate of drug-likeness (QED) is 0.382. The lowest BCUT2D eigenvalue weighted by Gasteiger charge is -2.39. The molecule has 1 atom stereocenters. The maximum Gasteiger partial charge on any atom is 0.192 e. The number of unbranched alkanes of at least 4 members (excludes halogenated alkanes) is 1. The Morgan fingerprint density at radius 1 is 1.31 bits per heavy atom. The third kappa shape index (κ3) is 5.26. The van der Waals surface area contributed by atoms with E-state index in [1.54, 1.807) is 0 Å². The standard InChI is InChI=1S/C13H28O2Si/c1-7-12(10-8-9-11-14)15-16(5,6)13(2,3)4/h11-12H,7-10H2,1-6H3. The van der Waals surface area contributed by atoms with Gasteiger partial charge in [-0.15, -0.1) is 0 Å². The van der Waals surface area contributed by atoms with E-state index in [2.05, 4.69) is 40.8 Å². The van der Waals surface area contributed by atoms with Crippen LogP contribution in [0.3, 0.4) is 0 Å². The average molecular weight is 244 g/mol. The molecule has 0 rings (SSSR count). The Balaban J connectivity index is 4.25. The number of aldehydes is 1. The zero-order valence-corrected chi connectivity index (χ0v) is 12.8. The lowest BCUT2D eigenvalue weighted by Crippen LogP contribution is -2.43. The molecule has 0 aromatic rings. The predicted molar refractivity (Wildman–Crippen MR) is 72.3 cm³/mol. The van der Waals surface area contributed by atoms with Crippen LogP contribution in [0.15, 0.2) is 0 Å². The van der Waals surface area contributed by atoms with Gasteiger partial charge in [0.2, 0.25) is 0 Å². The summed E-state index contributed by atoms with van der Waals surface area (Å²) in [4.78, 5) is 10.3. The summed E-state index contributed by atoms with van der Waals surface area (Å²) in [7, 11) is -1.64. The van der Waals surface area contributed by atoms with Gasteiger partial charge in [-0.25, -0.2) is 0 Å². The van der Waals surface area contributed by atoms with Crippen LogP contribution in [-0.4, -0.2) is 20.7 Å². The molecule has 0 aliphatic carbocycles. The van der Waals surface area contributed by atoms with E-state index in [-0.39, 0.29) is 5.04 Å². The van der Waals surface area contributed by atoms with Crippen molar-refractivity contribution in [3.63, 3.8) is 0 Å². The van der Waals surface area contributed by atoms with Crippen molar-refractivity contribution in [1.82, 2.24) is 0 Å². The molecular weight excluding hydrogens is 216 g/mol. The van der Waals surface area contributed by atoms with Crippen molar-refractivity contribution in [2.24, 2.45) is 0 Å². The summed E-state index contributed by atoms with van der Waals surface area (Å²) >= 11 is 0. The van der Waals surface area contributed by atoms with Gasteiger partial charge in [-0.3, -0.25) is 0 Å². The topological polar surface area (TPSA) is 26.3 Å². The van der Waals surface area contributed by atoms with Crippen LogP contribution in [0.4, 0.5) is 0 Å². The van der Waals surface area contributed by atoms with Gasteiger partial charge in [0, 0.05) is 12.5 Å². The average Bonchev–Trinajstić information content (AvgIpc) is 2.14. The molecule has 2 nitrogen and oxygen atoms in total. The Hall–Kier alpha value is -0.153. The van der Waals surface area contributed by atoms with Gasteiger partial charge in [0.15, 0.2) is 8.32 Å². The minimum Gasteiger partial charge on any atom is -0.414 e. The van der Waals surface area contributed by atoms with Gasteiger partial charge < -0.3 is 9.22 Å².